The molecule has 6 nitrogen and oxygen atoms in total. The van der Waals surface area contributed by atoms with Gasteiger partial charge in [-0.2, -0.15) is 0 Å². The Balaban J connectivity index is 1.42. The largest absolute Gasteiger partial charge is 0.466 e. The highest BCUT2D eigenvalue weighted by molar-refractivity contribution is 5.80. The predicted molar refractivity (Wildman–Crippen MR) is 103 cm³/mol. The number of hydrogen-bond acceptors (Lipinski definition) is 5. The molecule has 2 atom stereocenters. The molecule has 3 aliphatic rings. The van der Waals surface area contributed by atoms with Gasteiger partial charge in [-0.25, -0.2) is 0 Å². The van der Waals surface area contributed by atoms with Gasteiger partial charge in [-0.1, -0.05) is 25.3 Å². The first-order valence-corrected chi connectivity index (χ1v) is 10.5. The van der Waals surface area contributed by atoms with E-state index in [9.17, 15) is 9.59 Å². The number of carbonyl (C=O) groups excluding carboxylic acids is 2. The summed E-state index contributed by atoms with van der Waals surface area (Å²) in [6.07, 6.45) is 6.89. The second kappa shape index (κ2) is 8.41. The Morgan fingerprint density at radius 1 is 1.14 bits per heavy atom. The maximum atomic E-state index is 13.2. The van der Waals surface area contributed by atoms with Gasteiger partial charge in [0, 0.05) is 12.6 Å². The highest BCUT2D eigenvalue weighted by Gasteiger charge is 2.46. The molecule has 1 aromatic carbocycles. The summed E-state index contributed by atoms with van der Waals surface area (Å²) in [5.74, 6) is 1.67. The van der Waals surface area contributed by atoms with Crippen LogP contribution < -0.4 is 9.47 Å². The Labute approximate surface area is 166 Å². The Bertz CT molecular complexity index is 728. The lowest BCUT2D eigenvalue weighted by Gasteiger charge is -2.35. The van der Waals surface area contributed by atoms with E-state index in [0.29, 0.717) is 31.4 Å². The summed E-state index contributed by atoms with van der Waals surface area (Å²) in [7, 11) is 0. The van der Waals surface area contributed by atoms with Crippen molar-refractivity contribution in [3.63, 3.8) is 0 Å². The van der Waals surface area contributed by atoms with Gasteiger partial charge in [0.1, 0.15) is 0 Å². The van der Waals surface area contributed by atoms with E-state index in [1.165, 1.54) is 19.3 Å². The molecule has 1 aliphatic heterocycles. The van der Waals surface area contributed by atoms with Gasteiger partial charge in [0.2, 0.25) is 12.7 Å². The number of fused-ring (bicyclic) bond motifs is 1. The summed E-state index contributed by atoms with van der Waals surface area (Å²) >= 11 is 0. The first-order chi connectivity index (χ1) is 13.7. The lowest BCUT2D eigenvalue weighted by Crippen LogP contribution is -2.43. The Morgan fingerprint density at radius 2 is 1.93 bits per heavy atom. The summed E-state index contributed by atoms with van der Waals surface area (Å²) in [5.41, 5.74) is 0.938. The number of hydrogen-bond donors (Lipinski definition) is 0. The monoisotopic (exact) mass is 387 g/mol. The molecular weight excluding hydrogens is 358 g/mol. The van der Waals surface area contributed by atoms with Gasteiger partial charge in [0.25, 0.3) is 0 Å². The van der Waals surface area contributed by atoms with Crippen molar-refractivity contribution in [2.45, 2.75) is 57.9 Å². The Kier molecular flexibility index (Phi) is 5.74. The van der Waals surface area contributed by atoms with Crippen molar-refractivity contribution in [3.05, 3.63) is 23.8 Å². The minimum absolute atomic E-state index is 0.0376. The van der Waals surface area contributed by atoms with Gasteiger partial charge < -0.3 is 19.1 Å². The van der Waals surface area contributed by atoms with Crippen LogP contribution in [0.5, 0.6) is 11.5 Å². The molecule has 2 saturated carbocycles. The number of amides is 1. The summed E-state index contributed by atoms with van der Waals surface area (Å²) in [6, 6.07) is 5.99. The molecule has 28 heavy (non-hydrogen) atoms. The van der Waals surface area contributed by atoms with Crippen LogP contribution >= 0.6 is 0 Å². The molecule has 0 N–H and O–H groups in total. The van der Waals surface area contributed by atoms with Crippen molar-refractivity contribution < 1.29 is 23.8 Å². The molecule has 4 rings (SSSR count). The zero-order valence-electron chi connectivity index (χ0n) is 16.5. The Morgan fingerprint density at radius 3 is 2.71 bits per heavy atom. The van der Waals surface area contributed by atoms with Gasteiger partial charge in [0.05, 0.1) is 18.9 Å². The van der Waals surface area contributed by atoms with Crippen molar-refractivity contribution in [2.75, 3.05) is 19.9 Å². The van der Waals surface area contributed by atoms with Crippen molar-refractivity contribution in [1.82, 2.24) is 4.90 Å². The van der Waals surface area contributed by atoms with E-state index in [4.69, 9.17) is 14.2 Å². The van der Waals surface area contributed by atoms with Gasteiger partial charge in [0.15, 0.2) is 11.5 Å². The minimum Gasteiger partial charge on any atom is -0.466 e. The smallest absolute Gasteiger partial charge is 0.309 e. The fourth-order valence-corrected chi connectivity index (χ4v) is 4.41. The predicted octanol–water partition coefficient (Wildman–Crippen LogP) is 3.32. The fraction of sp³-hybridized carbons (Fsp3) is 0.636. The van der Waals surface area contributed by atoms with Gasteiger partial charge >= 0.3 is 5.97 Å². The molecule has 0 saturated heterocycles. The number of esters is 1. The van der Waals surface area contributed by atoms with E-state index in [0.717, 1.165) is 30.6 Å². The average Bonchev–Trinajstić information content (AvgIpc) is 3.33. The van der Waals surface area contributed by atoms with Crippen LogP contribution in [0.1, 0.15) is 51.0 Å². The quantitative estimate of drug-likeness (QED) is 0.672. The molecule has 152 valence electrons. The fourth-order valence-electron chi connectivity index (χ4n) is 4.41. The standard InChI is InChI=1S/C22H29NO5/c1-2-26-22(25)18-12-16(18)13-23(17-6-4-3-5-7-17)21(24)11-15-8-9-19-20(10-15)28-14-27-19/h8-10,16-18H,2-7,11-14H2,1H3. The maximum Gasteiger partial charge on any atom is 0.309 e. The van der Waals surface area contributed by atoms with E-state index in [-0.39, 0.29) is 30.5 Å². The molecule has 0 radical (unpaired) electrons. The van der Waals surface area contributed by atoms with Crippen LogP contribution in [0.25, 0.3) is 0 Å². The van der Waals surface area contributed by atoms with Crippen LogP contribution in [-0.2, 0) is 20.7 Å². The topological polar surface area (TPSA) is 65.1 Å². The van der Waals surface area contributed by atoms with Gasteiger partial charge in [-0.05, 0) is 49.8 Å². The van der Waals surface area contributed by atoms with Crippen LogP contribution in [0.4, 0.5) is 0 Å². The lowest BCUT2D eigenvalue weighted by atomic mass is 9.93. The van der Waals surface area contributed by atoms with E-state index >= 15 is 0 Å². The van der Waals surface area contributed by atoms with E-state index in [1.807, 2.05) is 30.0 Å². The molecule has 0 aromatic heterocycles. The summed E-state index contributed by atoms with van der Waals surface area (Å²) in [5, 5.41) is 0. The number of nitrogens with zero attached hydrogens (tertiary/aromatic N) is 1. The highest BCUT2D eigenvalue weighted by atomic mass is 16.7. The van der Waals surface area contributed by atoms with Crippen molar-refractivity contribution in [1.29, 1.82) is 0 Å². The summed E-state index contributed by atoms with van der Waals surface area (Å²) in [6.45, 7) is 3.14. The first-order valence-electron chi connectivity index (χ1n) is 10.5. The normalized spacial score (nSPS) is 23.3. The van der Waals surface area contributed by atoms with Crippen molar-refractivity contribution in [2.24, 2.45) is 11.8 Å². The molecule has 1 heterocycles. The molecule has 2 aliphatic carbocycles. The van der Waals surface area contributed by atoms with Gasteiger partial charge in [-0.15, -0.1) is 0 Å². The van der Waals surface area contributed by atoms with Gasteiger partial charge in [-0.3, -0.25) is 9.59 Å². The van der Waals surface area contributed by atoms with Crippen LogP contribution in [0.2, 0.25) is 0 Å². The molecule has 0 spiro atoms. The second-order valence-electron chi connectivity index (χ2n) is 8.06. The van der Waals surface area contributed by atoms with E-state index in [1.54, 1.807) is 0 Å². The third-order valence-electron chi connectivity index (χ3n) is 6.07. The molecule has 2 fully saturated rings. The van der Waals surface area contributed by atoms with Crippen LogP contribution in [0, 0.1) is 11.8 Å². The third kappa shape index (κ3) is 4.26. The second-order valence-corrected chi connectivity index (χ2v) is 8.06. The molecular formula is C22H29NO5. The molecule has 1 amide bonds. The van der Waals surface area contributed by atoms with Crippen LogP contribution in [-0.4, -0.2) is 42.8 Å². The van der Waals surface area contributed by atoms with Crippen LogP contribution in [0.15, 0.2) is 18.2 Å². The summed E-state index contributed by atoms with van der Waals surface area (Å²) in [4.78, 5) is 27.3. The zero-order chi connectivity index (χ0) is 19.5. The molecule has 6 heteroatoms. The molecule has 0 bridgehead atoms. The Hall–Kier alpha value is -2.24. The lowest BCUT2D eigenvalue weighted by molar-refractivity contribution is -0.145. The number of benzene rings is 1. The molecule has 2 unspecified atom stereocenters. The third-order valence-corrected chi connectivity index (χ3v) is 6.07. The highest BCUT2D eigenvalue weighted by Crippen LogP contribution is 2.41. The van der Waals surface area contributed by atoms with Crippen LogP contribution in [0.3, 0.4) is 0 Å². The zero-order valence-corrected chi connectivity index (χ0v) is 16.5. The molecule has 1 aromatic rings. The van der Waals surface area contributed by atoms with E-state index < -0.39 is 0 Å². The summed E-state index contributed by atoms with van der Waals surface area (Å²) < 4.78 is 15.9. The van der Waals surface area contributed by atoms with Crippen molar-refractivity contribution >= 4 is 11.9 Å². The van der Waals surface area contributed by atoms with E-state index in [2.05, 4.69) is 0 Å². The SMILES string of the molecule is CCOC(=O)C1CC1CN(C(=O)Cc1ccc2c(c1)OCO2)C1CCCCC1. The number of rotatable bonds is 7. The van der Waals surface area contributed by atoms with Crippen molar-refractivity contribution in [3.8, 4) is 11.5 Å². The average molecular weight is 387 g/mol. The number of carbonyl (C=O) groups is 2. The minimum atomic E-state index is -0.112. The maximum absolute atomic E-state index is 13.2. The first kappa shape index (κ1) is 19.1. The number of ether oxygens (including phenoxy) is 3.